The first-order valence-electron chi connectivity index (χ1n) is 43.2. The first kappa shape index (κ1) is 101. The molecule has 0 amide bonds. The molecule has 4 atom stereocenters. The van der Waals surface area contributed by atoms with Gasteiger partial charge in [-0.2, -0.15) is 0 Å². The Morgan fingerprint density at radius 2 is 0.453 bits per heavy atom. The SMILES string of the molecule is COC[C@@H](CC(=O)c1ccc(OC)nc1)C1CCC(c2ccnc(OC)c2C(F)F)CC1.COC[C@@H](CC(=O)c1ccc(OC)nc1)C1CCC(c2ccnc(OC)c2C(F)F)CC1.COC[C@H](CC(=O)c1ccc(OC)nc1)C1CCC(c2ccnc(OC)c2C(F)F)CC1.COC[C@H](CC(=O)c1ccc(OC)nc1)C1CCC(c2ccnc(OC)c2C(F)F)CC1. The number of carbonyl (C=O) groups is 4. The number of hydrogen-bond acceptors (Lipinski definition) is 24. The number of halogens is 8. The number of ether oxygens (including phenoxy) is 12. The Bertz CT molecular complexity index is 4120. The third-order valence-electron chi connectivity index (χ3n) is 25.5. The largest absolute Gasteiger partial charge is 0.481 e. The Morgan fingerprint density at radius 3 is 0.594 bits per heavy atom. The molecule has 0 aromatic carbocycles. The second-order valence-electron chi connectivity index (χ2n) is 32.7. The number of rotatable bonds is 40. The molecule has 8 heterocycles. The molecule has 8 aromatic rings. The van der Waals surface area contributed by atoms with Gasteiger partial charge >= 0.3 is 0 Å². The maximum atomic E-state index is 13.7. The molecule has 4 aliphatic rings. The van der Waals surface area contributed by atoms with Gasteiger partial charge in [-0.25, -0.2) is 75.0 Å². The zero-order valence-electron chi connectivity index (χ0n) is 74.9. The van der Waals surface area contributed by atoms with E-state index in [0.29, 0.717) is 144 Å². The van der Waals surface area contributed by atoms with Crippen LogP contribution < -0.4 is 37.9 Å². The number of methoxy groups -OCH3 is 12. The smallest absolute Gasteiger partial charge is 0.269 e. The lowest BCUT2D eigenvalue weighted by Crippen LogP contribution is -2.27. The number of carbonyl (C=O) groups excluding carboxylic acids is 4. The number of alkyl halides is 8. The first-order valence-corrected chi connectivity index (χ1v) is 43.2. The van der Waals surface area contributed by atoms with Crippen molar-refractivity contribution in [3.8, 4) is 47.0 Å². The number of nitrogens with zero attached hydrogens (tertiary/aromatic N) is 8. The third-order valence-corrected chi connectivity index (χ3v) is 25.5. The zero-order valence-corrected chi connectivity index (χ0v) is 74.9. The van der Waals surface area contributed by atoms with E-state index in [-0.39, 0.29) is 116 Å². The first-order chi connectivity index (χ1) is 61.9. The molecular weight excluding hydrogens is 1670 g/mol. The van der Waals surface area contributed by atoms with E-state index in [4.69, 9.17) is 56.8 Å². The summed E-state index contributed by atoms with van der Waals surface area (Å²) in [6, 6.07) is 20.3. The quantitative estimate of drug-likeness (QED) is 0.0255. The molecule has 4 saturated carbocycles. The molecule has 0 bridgehead atoms. The van der Waals surface area contributed by atoms with Crippen LogP contribution >= 0.6 is 0 Å². The van der Waals surface area contributed by atoms with Gasteiger partial charge in [-0.3, -0.25) is 19.2 Å². The highest BCUT2D eigenvalue weighted by Crippen LogP contribution is 2.50. The van der Waals surface area contributed by atoms with Crippen molar-refractivity contribution in [2.75, 3.05) is 112 Å². The molecule has 32 heteroatoms. The monoisotopic (exact) mass is 1790 g/mol. The van der Waals surface area contributed by atoms with Crippen molar-refractivity contribution in [2.45, 2.75) is 178 Å². The number of Topliss-reactive ketones (excluding diaryl/α,β-unsaturated/α-hetero) is 4. The fraction of sp³-hybridized carbons (Fsp3) is 0.542. The molecule has 0 aliphatic heterocycles. The lowest BCUT2D eigenvalue weighted by Gasteiger charge is -2.34. The maximum absolute atomic E-state index is 13.7. The summed E-state index contributed by atoms with van der Waals surface area (Å²) in [6.07, 6.45) is 16.1. The van der Waals surface area contributed by atoms with Gasteiger partial charge in [-0.05, 0) is 245 Å². The Morgan fingerprint density at radius 1 is 0.266 bits per heavy atom. The predicted octanol–water partition coefficient (Wildman–Crippen LogP) is 21.0. The van der Waals surface area contributed by atoms with Gasteiger partial charge in [0.2, 0.25) is 47.0 Å². The molecule has 4 fully saturated rings. The highest BCUT2D eigenvalue weighted by Gasteiger charge is 2.39. The Kier molecular flexibility index (Phi) is 40.9. The molecule has 0 radical (unpaired) electrons. The van der Waals surface area contributed by atoms with Crippen LogP contribution in [0.15, 0.2) is 122 Å². The molecule has 4 aliphatic carbocycles. The standard InChI is InChI=1S/4C24H30F2N2O4/c4*1-30-14-18(12-20(29)17-8-9-21(31-2)28-13-17)15-4-6-16(7-5-15)19-10-11-27-24(32-3)22(19)23(25)26/h4*8-11,13,15-16,18,23H,4-7,12,14H2,1-3H3/t4*15?,16?,18-/m1100/s1. The minimum Gasteiger partial charge on any atom is -0.481 e. The van der Waals surface area contributed by atoms with Gasteiger partial charge in [0.15, 0.2) is 23.1 Å². The minimum atomic E-state index is -2.64. The highest BCUT2D eigenvalue weighted by molar-refractivity contribution is 5.97. The zero-order chi connectivity index (χ0) is 92.3. The van der Waals surface area contributed by atoms with E-state index < -0.39 is 25.7 Å². The number of aromatic nitrogens is 8. The minimum absolute atomic E-state index is 0.00409. The average molecular weight is 1790 g/mol. The van der Waals surface area contributed by atoms with Crippen LogP contribution in [0.2, 0.25) is 0 Å². The maximum Gasteiger partial charge on any atom is 0.269 e. The van der Waals surface area contributed by atoms with Crippen LogP contribution in [0.3, 0.4) is 0 Å². The second-order valence-corrected chi connectivity index (χ2v) is 32.7. The van der Waals surface area contributed by atoms with Crippen molar-refractivity contribution < 1.29 is 111 Å². The topological polar surface area (TPSA) is 282 Å². The number of pyridine rings is 8. The van der Waals surface area contributed by atoms with Crippen LogP contribution in [0.4, 0.5) is 35.1 Å². The Balaban J connectivity index is 0.000000193. The predicted molar refractivity (Wildman–Crippen MR) is 462 cm³/mol. The number of ketones is 4. The van der Waals surface area contributed by atoms with Crippen LogP contribution in [-0.2, 0) is 18.9 Å². The van der Waals surface area contributed by atoms with Crippen molar-refractivity contribution in [3.05, 3.63) is 189 Å². The molecule has 8 aromatic heterocycles. The lowest BCUT2D eigenvalue weighted by atomic mass is 9.72. The van der Waals surface area contributed by atoms with Gasteiger partial charge in [0.25, 0.3) is 25.7 Å². The molecule has 12 rings (SSSR count). The lowest BCUT2D eigenvalue weighted by molar-refractivity contribution is 0.0754. The van der Waals surface area contributed by atoms with E-state index in [1.54, 1.807) is 101 Å². The summed E-state index contributed by atoms with van der Waals surface area (Å²) < 4.78 is 172. The van der Waals surface area contributed by atoms with Gasteiger partial charge in [0.1, 0.15) is 0 Å². The summed E-state index contributed by atoms with van der Waals surface area (Å²) in [5, 5.41) is 0. The molecule has 696 valence electrons. The van der Waals surface area contributed by atoms with Crippen molar-refractivity contribution in [2.24, 2.45) is 47.3 Å². The summed E-state index contributed by atoms with van der Waals surface area (Å²) in [6.45, 7) is 1.93. The van der Waals surface area contributed by atoms with Gasteiger partial charge in [0, 0.05) is 177 Å². The van der Waals surface area contributed by atoms with E-state index in [2.05, 4.69) is 39.9 Å². The highest BCUT2D eigenvalue weighted by atomic mass is 19.3. The summed E-state index contributed by atoms with van der Waals surface area (Å²) in [5.74, 6) is 3.43. The third kappa shape index (κ3) is 27.8. The summed E-state index contributed by atoms with van der Waals surface area (Å²) in [7, 11) is 18.1. The van der Waals surface area contributed by atoms with Crippen molar-refractivity contribution in [3.63, 3.8) is 0 Å². The Labute approximate surface area is 743 Å². The molecule has 0 N–H and O–H groups in total. The van der Waals surface area contributed by atoms with Crippen LogP contribution in [0, 0.1) is 47.3 Å². The number of hydrogen-bond donors (Lipinski definition) is 0. The van der Waals surface area contributed by atoms with E-state index >= 15 is 0 Å². The van der Waals surface area contributed by atoms with Crippen molar-refractivity contribution in [1.82, 2.24) is 39.9 Å². The molecule has 0 unspecified atom stereocenters. The van der Waals surface area contributed by atoms with Gasteiger partial charge in [0.05, 0.1) is 79.1 Å². The molecular formula is C96H120F8N8O16. The van der Waals surface area contributed by atoms with E-state index in [1.165, 1.54) is 106 Å². The van der Waals surface area contributed by atoms with Crippen LogP contribution in [0.25, 0.3) is 0 Å². The normalized spacial score (nSPS) is 19.6. The van der Waals surface area contributed by atoms with Gasteiger partial charge < -0.3 is 56.8 Å². The fourth-order valence-corrected chi connectivity index (χ4v) is 18.8. The molecule has 0 spiro atoms. The van der Waals surface area contributed by atoms with E-state index in [1.807, 2.05) is 0 Å². The average Bonchev–Trinajstić information content (AvgIpc) is 0.811. The van der Waals surface area contributed by atoms with E-state index in [0.717, 1.165) is 103 Å². The van der Waals surface area contributed by atoms with Crippen LogP contribution in [0.5, 0.6) is 47.0 Å². The summed E-state index contributed by atoms with van der Waals surface area (Å²) >= 11 is 0. The van der Waals surface area contributed by atoms with Crippen LogP contribution in [-0.4, -0.2) is 175 Å². The van der Waals surface area contributed by atoms with Gasteiger partial charge in [-0.15, -0.1) is 0 Å². The molecule has 24 nitrogen and oxygen atoms in total. The Hall–Kier alpha value is -10.4. The van der Waals surface area contributed by atoms with Gasteiger partial charge in [-0.1, -0.05) is 0 Å². The van der Waals surface area contributed by atoms with Crippen LogP contribution in [0.1, 0.15) is 264 Å². The van der Waals surface area contributed by atoms with Crippen molar-refractivity contribution in [1.29, 1.82) is 0 Å². The summed E-state index contributed by atoms with van der Waals surface area (Å²) in [4.78, 5) is 83.5. The molecule has 128 heavy (non-hydrogen) atoms. The fourth-order valence-electron chi connectivity index (χ4n) is 18.8. The molecule has 0 saturated heterocycles. The van der Waals surface area contributed by atoms with Crippen molar-refractivity contribution >= 4 is 23.1 Å². The summed E-state index contributed by atoms with van der Waals surface area (Å²) in [5.41, 5.74) is 4.26. The second kappa shape index (κ2) is 51.7. The van der Waals surface area contributed by atoms with E-state index in [9.17, 15) is 54.3 Å².